The fourth-order valence-corrected chi connectivity index (χ4v) is 7.04. The number of nitrogens with zero attached hydrogens (tertiary/aromatic N) is 5. The van der Waals surface area contributed by atoms with Crippen LogP contribution in [-0.2, 0) is 11.2 Å². The van der Waals surface area contributed by atoms with Gasteiger partial charge in [0.15, 0.2) is 0 Å². The molecule has 0 bridgehead atoms. The van der Waals surface area contributed by atoms with E-state index in [4.69, 9.17) is 11.5 Å². The number of amides is 3. The minimum Gasteiger partial charge on any atom is -0.338 e. The molecular formula is C31H44ClF3N8O3. The fraction of sp³-hybridized carbons (Fsp3) is 0.613. The molecule has 11 nitrogen and oxygen atoms in total. The average molecular weight is 669 g/mol. The van der Waals surface area contributed by atoms with Crippen molar-refractivity contribution in [3.8, 4) is 5.69 Å². The molecule has 3 fully saturated rings. The molecule has 1 aliphatic heterocycles. The van der Waals surface area contributed by atoms with Crippen LogP contribution >= 0.6 is 12.4 Å². The normalized spacial score (nSPS) is 23.8. The number of hydrogen-bond donors (Lipinski definition) is 3. The van der Waals surface area contributed by atoms with Gasteiger partial charge in [-0.05, 0) is 82.1 Å². The summed E-state index contributed by atoms with van der Waals surface area (Å²) in [5.41, 5.74) is 11.8. The lowest BCUT2D eigenvalue weighted by Crippen LogP contribution is -2.62. The van der Waals surface area contributed by atoms with Crippen LogP contribution in [0.5, 0.6) is 0 Å². The summed E-state index contributed by atoms with van der Waals surface area (Å²) in [4.78, 5) is 46.7. The molecule has 15 heteroatoms. The molecule has 1 aromatic heterocycles. The molecule has 46 heavy (non-hydrogen) atoms. The van der Waals surface area contributed by atoms with Crippen LogP contribution in [0.2, 0.25) is 0 Å². The van der Waals surface area contributed by atoms with Gasteiger partial charge in [0, 0.05) is 50.5 Å². The molecule has 1 unspecified atom stereocenters. The highest BCUT2D eigenvalue weighted by molar-refractivity contribution is 5.89. The number of benzene rings is 1. The van der Waals surface area contributed by atoms with Gasteiger partial charge in [-0.25, -0.2) is 9.59 Å². The van der Waals surface area contributed by atoms with Crippen LogP contribution in [0.1, 0.15) is 52.0 Å². The van der Waals surface area contributed by atoms with Crippen molar-refractivity contribution in [3.63, 3.8) is 0 Å². The summed E-state index contributed by atoms with van der Waals surface area (Å²) in [7, 11) is 0. The number of halogens is 4. The first kappa shape index (κ1) is 35.7. The van der Waals surface area contributed by atoms with Crippen molar-refractivity contribution in [2.75, 3.05) is 38.0 Å². The molecule has 0 radical (unpaired) electrons. The molecule has 1 spiro atoms. The van der Waals surface area contributed by atoms with E-state index in [1.807, 2.05) is 19.1 Å². The van der Waals surface area contributed by atoms with Crippen LogP contribution < -0.4 is 22.5 Å². The summed E-state index contributed by atoms with van der Waals surface area (Å²) in [6.07, 6.45) is 0.976. The van der Waals surface area contributed by atoms with Gasteiger partial charge in [0.1, 0.15) is 5.82 Å². The number of hydrogen-bond acceptors (Lipinski definition) is 7. The highest BCUT2D eigenvalue weighted by Gasteiger charge is 2.54. The first-order valence-electron chi connectivity index (χ1n) is 15.4. The third-order valence-electron chi connectivity index (χ3n) is 9.31. The molecule has 3 amide bonds. The zero-order valence-electron chi connectivity index (χ0n) is 26.4. The molecule has 2 aliphatic carbocycles. The van der Waals surface area contributed by atoms with E-state index in [1.54, 1.807) is 40.7 Å². The largest absolute Gasteiger partial charge is 0.401 e. The summed E-state index contributed by atoms with van der Waals surface area (Å²) in [5.74, 6) is -0.0835. The van der Waals surface area contributed by atoms with E-state index in [2.05, 4.69) is 10.3 Å². The molecule has 5 rings (SSSR count). The van der Waals surface area contributed by atoms with E-state index in [9.17, 15) is 27.6 Å². The molecular weight excluding hydrogens is 625 g/mol. The Hall–Kier alpha value is -3.20. The second-order valence-corrected chi connectivity index (χ2v) is 13.6. The molecule has 1 saturated heterocycles. The number of aromatic nitrogens is 2. The molecule has 1 aromatic carbocycles. The van der Waals surface area contributed by atoms with Gasteiger partial charge in [0.2, 0.25) is 5.91 Å². The highest BCUT2D eigenvalue weighted by Crippen LogP contribution is 2.57. The average Bonchev–Trinajstić information content (AvgIpc) is 2.92. The summed E-state index contributed by atoms with van der Waals surface area (Å²) in [6.45, 7) is 5.53. The lowest BCUT2D eigenvalue weighted by molar-refractivity contribution is -0.174. The van der Waals surface area contributed by atoms with Gasteiger partial charge in [-0.3, -0.25) is 19.6 Å². The highest BCUT2D eigenvalue weighted by atomic mass is 35.5. The molecule has 2 heterocycles. The number of anilines is 1. The Morgan fingerprint density at radius 3 is 2.15 bits per heavy atom. The third-order valence-corrected chi connectivity index (χ3v) is 9.31. The maximum atomic E-state index is 13.5. The zero-order valence-corrected chi connectivity index (χ0v) is 27.2. The standard InChI is InChI=1S/C31H43F3N8O3.ClH/c1-20(42(19-31(32,33)34)24-17-30(18-24)15-22(35)16-30)14-21-4-6-23(7-5-21)41-9-8-25(38-28(41)45)37-27(44)40-12-10-39(11-13-40)26(43)29(2,3)36;/h4-9,20,22,24H,10-19,35-36H2,1-3H3,(H,37,38,44,45);1H. The number of carbonyl (C=O) groups excluding carboxylic acids is 2. The van der Waals surface area contributed by atoms with Crippen molar-refractivity contribution < 1.29 is 22.8 Å². The van der Waals surface area contributed by atoms with Gasteiger partial charge in [-0.1, -0.05) is 12.1 Å². The van der Waals surface area contributed by atoms with E-state index in [0.717, 1.165) is 31.2 Å². The molecule has 5 N–H and O–H groups in total. The summed E-state index contributed by atoms with van der Waals surface area (Å²) in [6, 6.07) is 7.92. The van der Waals surface area contributed by atoms with Gasteiger partial charge >= 0.3 is 17.9 Å². The number of piperazine rings is 1. The number of rotatable bonds is 8. The number of nitrogens with one attached hydrogen (secondary N) is 1. The van der Waals surface area contributed by atoms with E-state index in [1.165, 1.54) is 16.8 Å². The molecule has 2 aromatic rings. The second-order valence-electron chi connectivity index (χ2n) is 13.6. The van der Waals surface area contributed by atoms with Crippen molar-refractivity contribution in [2.45, 2.75) is 82.7 Å². The van der Waals surface area contributed by atoms with Crippen molar-refractivity contribution in [3.05, 3.63) is 52.6 Å². The molecule has 254 valence electrons. The zero-order chi connectivity index (χ0) is 32.7. The van der Waals surface area contributed by atoms with Gasteiger partial charge in [-0.15, -0.1) is 12.4 Å². The van der Waals surface area contributed by atoms with Crippen molar-refractivity contribution in [2.24, 2.45) is 16.9 Å². The quantitative estimate of drug-likeness (QED) is 0.392. The summed E-state index contributed by atoms with van der Waals surface area (Å²) in [5, 5.41) is 2.64. The Balaban J connectivity index is 0.00000480. The molecule has 3 aliphatic rings. The monoisotopic (exact) mass is 668 g/mol. The molecule has 2 saturated carbocycles. The fourth-order valence-electron chi connectivity index (χ4n) is 7.04. The van der Waals surface area contributed by atoms with Crippen molar-refractivity contribution >= 4 is 30.2 Å². The predicted molar refractivity (Wildman–Crippen MR) is 171 cm³/mol. The summed E-state index contributed by atoms with van der Waals surface area (Å²) >= 11 is 0. The SMILES string of the molecule is CC(Cc1ccc(-n2ccc(NC(=O)N3CCN(C(=O)C(C)(C)N)CC3)nc2=O)cc1)N(CC(F)(F)F)C1CC2(CC(N)C2)C1.Cl. The first-order valence-corrected chi connectivity index (χ1v) is 15.4. The van der Waals surface area contributed by atoms with Gasteiger partial charge in [0.25, 0.3) is 0 Å². The van der Waals surface area contributed by atoms with E-state index in [-0.39, 0.29) is 47.7 Å². The van der Waals surface area contributed by atoms with E-state index >= 15 is 0 Å². The Morgan fingerprint density at radius 1 is 1.04 bits per heavy atom. The van der Waals surface area contributed by atoms with Crippen LogP contribution in [0.15, 0.2) is 41.3 Å². The van der Waals surface area contributed by atoms with Crippen LogP contribution in [-0.4, -0.2) is 98.8 Å². The Kier molecular flexibility index (Phi) is 10.5. The topological polar surface area (TPSA) is 143 Å². The smallest absolute Gasteiger partial charge is 0.338 e. The number of carbonyl (C=O) groups is 2. The Labute approximate surface area is 272 Å². The predicted octanol–water partition coefficient (Wildman–Crippen LogP) is 3.13. The van der Waals surface area contributed by atoms with Crippen LogP contribution in [0.4, 0.5) is 23.8 Å². The lowest BCUT2D eigenvalue weighted by Gasteiger charge is -2.60. The van der Waals surface area contributed by atoms with Crippen LogP contribution in [0.25, 0.3) is 5.69 Å². The van der Waals surface area contributed by atoms with Crippen LogP contribution in [0, 0.1) is 5.41 Å². The Bertz CT molecular complexity index is 1440. The Morgan fingerprint density at radius 2 is 1.63 bits per heavy atom. The summed E-state index contributed by atoms with van der Waals surface area (Å²) < 4.78 is 41.8. The van der Waals surface area contributed by atoms with Gasteiger partial charge in [-0.2, -0.15) is 18.2 Å². The number of alkyl halides is 3. The first-order chi connectivity index (χ1) is 21.0. The van der Waals surface area contributed by atoms with Crippen LogP contribution in [0.3, 0.4) is 0 Å². The number of urea groups is 1. The third kappa shape index (κ3) is 8.20. The van der Waals surface area contributed by atoms with Crippen molar-refractivity contribution in [1.82, 2.24) is 24.3 Å². The van der Waals surface area contributed by atoms with E-state index < -0.39 is 30.0 Å². The van der Waals surface area contributed by atoms with Gasteiger partial charge in [0.05, 0.1) is 17.8 Å². The van der Waals surface area contributed by atoms with E-state index in [0.29, 0.717) is 38.3 Å². The van der Waals surface area contributed by atoms with Gasteiger partial charge < -0.3 is 21.3 Å². The number of nitrogens with two attached hydrogens (primary N) is 2. The maximum absolute atomic E-state index is 13.5. The molecule has 1 atom stereocenters. The minimum absolute atomic E-state index is 0. The minimum atomic E-state index is -4.28. The second kappa shape index (κ2) is 13.5. The lowest BCUT2D eigenvalue weighted by atomic mass is 9.52. The maximum Gasteiger partial charge on any atom is 0.401 e. The van der Waals surface area contributed by atoms with Crippen molar-refractivity contribution in [1.29, 1.82) is 0 Å².